The van der Waals surface area contributed by atoms with Gasteiger partial charge >= 0.3 is 6.18 Å². The Morgan fingerprint density at radius 3 is 2.40 bits per heavy atom. The highest BCUT2D eigenvalue weighted by Crippen LogP contribution is 2.34. The predicted molar refractivity (Wildman–Crippen MR) is 76.7 cm³/mol. The number of nitrogens with zero attached hydrogens (tertiary/aromatic N) is 1. The molecule has 1 heterocycles. The van der Waals surface area contributed by atoms with Crippen molar-refractivity contribution in [3.05, 3.63) is 50.5 Å². The van der Waals surface area contributed by atoms with Crippen molar-refractivity contribution in [2.75, 3.05) is 5.32 Å². The monoisotopic (exact) mass is 384 g/mol. The molecule has 0 saturated heterocycles. The van der Waals surface area contributed by atoms with Gasteiger partial charge < -0.3 is 5.32 Å². The Morgan fingerprint density at radius 1 is 1.10 bits per heavy atom. The zero-order valence-electron chi connectivity index (χ0n) is 9.60. The van der Waals surface area contributed by atoms with Gasteiger partial charge in [-0.2, -0.15) is 13.2 Å². The summed E-state index contributed by atoms with van der Waals surface area (Å²) in [6.45, 7) is 0. The summed E-state index contributed by atoms with van der Waals surface area (Å²) in [6.07, 6.45) is -4.49. The third-order valence-corrected chi connectivity index (χ3v) is 3.40. The van der Waals surface area contributed by atoms with Gasteiger partial charge in [-0.15, -0.1) is 0 Å². The minimum Gasteiger partial charge on any atom is -0.339 e. The molecular weight excluding hydrogens is 380 g/mol. The van der Waals surface area contributed by atoms with E-state index in [1.807, 2.05) is 0 Å². The number of hydrogen-bond acceptors (Lipinski definition) is 2. The molecule has 0 unspecified atom stereocenters. The van der Waals surface area contributed by atoms with Gasteiger partial charge in [0.1, 0.15) is 11.0 Å². The molecule has 8 heteroatoms. The molecule has 0 saturated carbocycles. The first kappa shape index (κ1) is 15.4. The summed E-state index contributed by atoms with van der Waals surface area (Å²) in [7, 11) is 0. The van der Waals surface area contributed by atoms with E-state index in [1.165, 1.54) is 0 Å². The highest BCUT2D eigenvalue weighted by atomic mass is 79.9. The van der Waals surface area contributed by atoms with Crippen molar-refractivity contribution in [2.45, 2.75) is 6.18 Å². The van der Waals surface area contributed by atoms with Crippen LogP contribution in [-0.4, -0.2) is 4.98 Å². The molecule has 0 amide bonds. The maximum absolute atomic E-state index is 12.7. The predicted octanol–water partition coefficient (Wildman–Crippen LogP) is 5.91. The molecule has 0 bridgehead atoms. The first-order valence-corrected chi connectivity index (χ1v) is 6.77. The van der Waals surface area contributed by atoms with Gasteiger partial charge in [0.15, 0.2) is 0 Å². The number of benzene rings is 1. The van der Waals surface area contributed by atoms with Crippen molar-refractivity contribution < 1.29 is 13.2 Å². The Morgan fingerprint density at radius 2 is 1.80 bits per heavy atom. The number of halogens is 6. The van der Waals surface area contributed by atoms with Crippen molar-refractivity contribution in [1.82, 2.24) is 4.98 Å². The lowest BCUT2D eigenvalue weighted by Gasteiger charge is -2.12. The van der Waals surface area contributed by atoms with Crippen LogP contribution in [0.2, 0.25) is 10.2 Å². The summed E-state index contributed by atoms with van der Waals surface area (Å²) in [6, 6.07) is 6.47. The minimum absolute atomic E-state index is 0.00662. The molecule has 2 aromatic rings. The van der Waals surface area contributed by atoms with E-state index in [-0.39, 0.29) is 11.0 Å². The third-order valence-electron chi connectivity index (χ3n) is 2.32. The minimum atomic E-state index is -4.49. The number of hydrogen-bond donors (Lipinski definition) is 1. The average Bonchev–Trinajstić information content (AvgIpc) is 2.31. The molecule has 1 aromatic carbocycles. The molecule has 2 rings (SSSR count). The molecule has 1 N–H and O–H groups in total. The zero-order valence-corrected chi connectivity index (χ0v) is 12.7. The van der Waals surface area contributed by atoms with Crippen molar-refractivity contribution >= 4 is 50.6 Å². The van der Waals surface area contributed by atoms with E-state index in [4.69, 9.17) is 23.2 Å². The van der Waals surface area contributed by atoms with E-state index >= 15 is 0 Å². The van der Waals surface area contributed by atoms with E-state index in [2.05, 4.69) is 26.2 Å². The smallest absolute Gasteiger partial charge is 0.339 e. The second-order valence-electron chi connectivity index (χ2n) is 3.81. The number of rotatable bonds is 2. The molecule has 106 valence electrons. The maximum Gasteiger partial charge on any atom is 0.416 e. The molecule has 0 radical (unpaired) electrons. The normalized spacial score (nSPS) is 11.5. The first-order chi connectivity index (χ1) is 9.25. The quantitative estimate of drug-likeness (QED) is 0.649. The van der Waals surface area contributed by atoms with Crippen LogP contribution < -0.4 is 5.32 Å². The van der Waals surface area contributed by atoms with Crippen LogP contribution in [0.5, 0.6) is 0 Å². The summed E-state index contributed by atoms with van der Waals surface area (Å²) in [5.41, 5.74) is -0.345. The molecule has 2 nitrogen and oxygen atoms in total. The van der Waals surface area contributed by atoms with E-state index in [0.29, 0.717) is 15.2 Å². The number of alkyl halides is 3. The molecule has 0 aliphatic heterocycles. The van der Waals surface area contributed by atoms with Gasteiger partial charge in [0.05, 0.1) is 11.3 Å². The van der Waals surface area contributed by atoms with Gasteiger partial charge in [0.25, 0.3) is 0 Å². The number of pyridine rings is 1. The fourth-order valence-corrected chi connectivity index (χ4v) is 2.44. The van der Waals surface area contributed by atoms with Gasteiger partial charge in [-0.25, -0.2) is 4.98 Å². The Kier molecular flexibility index (Phi) is 4.46. The van der Waals surface area contributed by atoms with Gasteiger partial charge in [-0.1, -0.05) is 23.2 Å². The standard InChI is InChI=1S/C12H6BrCl2F3N2/c13-8-5-7(14)1-2-9(8)19-11-4-6(12(16,17)18)3-10(15)20-11/h1-5H,(H,19,20). The maximum atomic E-state index is 12.7. The molecule has 0 fully saturated rings. The van der Waals surface area contributed by atoms with Crippen LogP contribution in [0.1, 0.15) is 5.56 Å². The van der Waals surface area contributed by atoms with E-state index in [1.54, 1.807) is 18.2 Å². The Labute approximate surface area is 131 Å². The molecule has 0 aliphatic carbocycles. The number of anilines is 2. The Bertz CT molecular complexity index is 647. The van der Waals surface area contributed by atoms with Crippen LogP contribution in [0.4, 0.5) is 24.7 Å². The summed E-state index contributed by atoms with van der Waals surface area (Å²) in [5.74, 6) is -0.00662. The second-order valence-corrected chi connectivity index (χ2v) is 5.49. The number of aromatic nitrogens is 1. The molecule has 0 spiro atoms. The van der Waals surface area contributed by atoms with Gasteiger partial charge in [0.2, 0.25) is 0 Å². The van der Waals surface area contributed by atoms with Gasteiger partial charge in [-0.05, 0) is 46.3 Å². The summed E-state index contributed by atoms with van der Waals surface area (Å²) in [5, 5.41) is 3.01. The van der Waals surface area contributed by atoms with E-state index in [0.717, 1.165) is 12.1 Å². The molecule has 0 aliphatic rings. The van der Waals surface area contributed by atoms with Crippen LogP contribution in [0, 0.1) is 0 Å². The largest absolute Gasteiger partial charge is 0.416 e. The average molecular weight is 386 g/mol. The van der Waals surface area contributed by atoms with Crippen LogP contribution in [0.15, 0.2) is 34.8 Å². The summed E-state index contributed by atoms with van der Waals surface area (Å²) < 4.78 is 38.6. The first-order valence-electron chi connectivity index (χ1n) is 5.22. The molecule has 0 atom stereocenters. The lowest BCUT2D eigenvalue weighted by Crippen LogP contribution is -2.06. The van der Waals surface area contributed by atoms with Crippen molar-refractivity contribution in [1.29, 1.82) is 0 Å². The molecular formula is C12H6BrCl2F3N2. The van der Waals surface area contributed by atoms with Crippen molar-refractivity contribution in [3.8, 4) is 0 Å². The lowest BCUT2D eigenvalue weighted by molar-refractivity contribution is -0.137. The van der Waals surface area contributed by atoms with Crippen molar-refractivity contribution in [3.63, 3.8) is 0 Å². The van der Waals surface area contributed by atoms with Crippen LogP contribution in [-0.2, 0) is 6.18 Å². The van der Waals surface area contributed by atoms with Gasteiger partial charge in [0, 0.05) is 9.50 Å². The zero-order chi connectivity index (χ0) is 14.9. The van der Waals surface area contributed by atoms with E-state index < -0.39 is 11.7 Å². The number of nitrogens with one attached hydrogen (secondary N) is 1. The van der Waals surface area contributed by atoms with Crippen LogP contribution in [0.25, 0.3) is 0 Å². The summed E-state index contributed by atoms with van der Waals surface area (Å²) in [4.78, 5) is 3.81. The Balaban J connectivity index is 2.36. The topological polar surface area (TPSA) is 24.9 Å². The van der Waals surface area contributed by atoms with Crippen LogP contribution in [0.3, 0.4) is 0 Å². The van der Waals surface area contributed by atoms with Gasteiger partial charge in [-0.3, -0.25) is 0 Å². The van der Waals surface area contributed by atoms with E-state index in [9.17, 15) is 13.2 Å². The second kappa shape index (κ2) is 5.79. The van der Waals surface area contributed by atoms with Crippen molar-refractivity contribution in [2.24, 2.45) is 0 Å². The highest BCUT2D eigenvalue weighted by Gasteiger charge is 2.31. The molecule has 1 aromatic heterocycles. The Hall–Kier alpha value is -0.980. The fraction of sp³-hybridized carbons (Fsp3) is 0.0833. The SMILES string of the molecule is FC(F)(F)c1cc(Cl)nc(Nc2ccc(Cl)cc2Br)c1. The third kappa shape index (κ3) is 3.77. The van der Waals surface area contributed by atoms with Crippen LogP contribution >= 0.6 is 39.1 Å². The molecule has 20 heavy (non-hydrogen) atoms. The lowest BCUT2D eigenvalue weighted by atomic mass is 10.2. The fourth-order valence-electron chi connectivity index (χ4n) is 1.45. The summed E-state index contributed by atoms with van der Waals surface area (Å²) >= 11 is 14.6. The highest BCUT2D eigenvalue weighted by molar-refractivity contribution is 9.10.